The van der Waals surface area contributed by atoms with Crippen molar-refractivity contribution >= 4 is 28.9 Å². The van der Waals surface area contributed by atoms with Crippen LogP contribution in [-0.4, -0.2) is 50.2 Å². The second kappa shape index (κ2) is 10.5. The number of anilines is 2. The largest absolute Gasteiger partial charge is 0.378 e. The number of halogens is 1. The molecular formula is C22H28ClN3O2. The second-order valence-corrected chi connectivity index (χ2v) is 7.31. The highest BCUT2D eigenvalue weighted by Gasteiger charge is 2.12. The molecule has 1 fully saturated rings. The highest BCUT2D eigenvalue weighted by Crippen LogP contribution is 2.20. The first-order chi connectivity index (χ1) is 13.7. The van der Waals surface area contributed by atoms with Crippen LogP contribution in [0.15, 0.2) is 48.5 Å². The number of hydrogen-bond acceptors (Lipinski definition) is 4. The van der Waals surface area contributed by atoms with Gasteiger partial charge in [0, 0.05) is 49.0 Å². The zero-order valence-corrected chi connectivity index (χ0v) is 17.1. The molecule has 1 amide bonds. The van der Waals surface area contributed by atoms with Gasteiger partial charge in [-0.25, -0.2) is 0 Å². The van der Waals surface area contributed by atoms with Crippen molar-refractivity contribution in [3.05, 3.63) is 59.1 Å². The number of morpholine rings is 1. The second-order valence-electron chi connectivity index (χ2n) is 6.90. The molecule has 0 unspecified atom stereocenters. The Morgan fingerprint density at radius 3 is 2.54 bits per heavy atom. The first-order valence-corrected chi connectivity index (χ1v) is 10.2. The summed E-state index contributed by atoms with van der Waals surface area (Å²) < 4.78 is 5.39. The fourth-order valence-corrected chi connectivity index (χ4v) is 3.47. The molecule has 6 heteroatoms. The monoisotopic (exact) mass is 401 g/mol. The Balaban J connectivity index is 1.47. The Kier molecular flexibility index (Phi) is 7.71. The molecule has 150 valence electrons. The molecule has 5 nitrogen and oxygen atoms in total. The van der Waals surface area contributed by atoms with Gasteiger partial charge in [0.05, 0.1) is 13.2 Å². The molecule has 1 heterocycles. The van der Waals surface area contributed by atoms with E-state index in [9.17, 15) is 4.79 Å². The van der Waals surface area contributed by atoms with Gasteiger partial charge in [-0.1, -0.05) is 36.7 Å². The normalized spacial score (nSPS) is 14.3. The van der Waals surface area contributed by atoms with Crippen molar-refractivity contribution in [1.82, 2.24) is 4.90 Å². The number of amides is 1. The summed E-state index contributed by atoms with van der Waals surface area (Å²) in [4.78, 5) is 16.9. The number of ether oxygens (including phenoxy) is 1. The van der Waals surface area contributed by atoms with E-state index in [0.717, 1.165) is 61.4 Å². The summed E-state index contributed by atoms with van der Waals surface area (Å²) in [6.45, 7) is 7.75. The van der Waals surface area contributed by atoms with E-state index in [1.165, 1.54) is 0 Å². The topological polar surface area (TPSA) is 44.8 Å². The average Bonchev–Trinajstić information content (AvgIpc) is 2.73. The van der Waals surface area contributed by atoms with E-state index in [4.69, 9.17) is 16.3 Å². The molecule has 1 saturated heterocycles. The van der Waals surface area contributed by atoms with Gasteiger partial charge in [0.15, 0.2) is 0 Å². The highest BCUT2D eigenvalue weighted by atomic mass is 35.5. The third-order valence-corrected chi connectivity index (χ3v) is 5.35. The molecule has 2 aromatic carbocycles. The van der Waals surface area contributed by atoms with Crippen LogP contribution in [0.25, 0.3) is 0 Å². The lowest BCUT2D eigenvalue weighted by Gasteiger charge is -2.28. The summed E-state index contributed by atoms with van der Waals surface area (Å²) in [5.74, 6) is 0.0248. The number of rotatable bonds is 8. The van der Waals surface area contributed by atoms with Crippen LogP contribution in [0.2, 0.25) is 5.02 Å². The maximum Gasteiger partial charge on any atom is 0.225 e. The number of carbonyl (C=O) groups excluding carboxylic acids is 1. The van der Waals surface area contributed by atoms with Crippen LogP contribution < -0.4 is 10.2 Å². The lowest BCUT2D eigenvalue weighted by Crippen LogP contribution is -2.36. The van der Waals surface area contributed by atoms with E-state index >= 15 is 0 Å². The van der Waals surface area contributed by atoms with E-state index in [1.807, 2.05) is 36.4 Å². The van der Waals surface area contributed by atoms with Gasteiger partial charge >= 0.3 is 0 Å². The van der Waals surface area contributed by atoms with Crippen molar-refractivity contribution in [2.24, 2.45) is 0 Å². The summed E-state index contributed by atoms with van der Waals surface area (Å²) in [5, 5.41) is 3.76. The van der Waals surface area contributed by atoms with Gasteiger partial charge in [0.1, 0.15) is 0 Å². The fraction of sp³-hybridized carbons (Fsp3) is 0.409. The van der Waals surface area contributed by atoms with E-state index in [0.29, 0.717) is 13.0 Å². The summed E-state index contributed by atoms with van der Waals surface area (Å²) in [7, 11) is 0. The van der Waals surface area contributed by atoms with Crippen molar-refractivity contribution in [3.8, 4) is 0 Å². The summed E-state index contributed by atoms with van der Waals surface area (Å²) in [6, 6.07) is 15.9. The van der Waals surface area contributed by atoms with Gasteiger partial charge in [-0.2, -0.15) is 0 Å². The third-order valence-electron chi connectivity index (χ3n) is 4.98. The van der Waals surface area contributed by atoms with Gasteiger partial charge in [-0.15, -0.1) is 0 Å². The molecule has 2 aromatic rings. The molecule has 0 atom stereocenters. The predicted molar refractivity (Wildman–Crippen MR) is 115 cm³/mol. The molecule has 0 saturated carbocycles. The standard InChI is InChI=1S/C22H28ClN3O2/c1-2-25(17-18-5-3-4-6-21(18)23)12-11-22(27)24-19-7-9-20(10-8-19)26-13-15-28-16-14-26/h3-10H,2,11-17H2,1H3,(H,24,27). The number of nitrogens with zero attached hydrogens (tertiary/aromatic N) is 2. The molecule has 1 N–H and O–H groups in total. The molecular weight excluding hydrogens is 374 g/mol. The molecule has 0 aliphatic carbocycles. The van der Waals surface area contributed by atoms with Crippen LogP contribution in [-0.2, 0) is 16.1 Å². The molecule has 0 spiro atoms. The van der Waals surface area contributed by atoms with E-state index < -0.39 is 0 Å². The van der Waals surface area contributed by atoms with Crippen LogP contribution in [0.4, 0.5) is 11.4 Å². The van der Waals surface area contributed by atoms with Crippen molar-refractivity contribution in [2.75, 3.05) is 49.6 Å². The van der Waals surface area contributed by atoms with Crippen LogP contribution in [0.5, 0.6) is 0 Å². The first kappa shape index (κ1) is 20.6. The maximum atomic E-state index is 12.3. The quantitative estimate of drug-likeness (QED) is 0.725. The van der Waals surface area contributed by atoms with E-state index in [2.05, 4.69) is 34.2 Å². The minimum absolute atomic E-state index is 0.0248. The Hall–Kier alpha value is -2.08. The Bertz CT molecular complexity index is 761. The number of nitrogens with one attached hydrogen (secondary N) is 1. The van der Waals surface area contributed by atoms with Crippen LogP contribution in [0, 0.1) is 0 Å². The number of hydrogen-bond donors (Lipinski definition) is 1. The molecule has 0 radical (unpaired) electrons. The molecule has 0 aromatic heterocycles. The molecule has 28 heavy (non-hydrogen) atoms. The summed E-state index contributed by atoms with van der Waals surface area (Å²) in [5.41, 5.74) is 3.08. The Morgan fingerprint density at radius 2 is 1.86 bits per heavy atom. The van der Waals surface area contributed by atoms with Crippen LogP contribution in [0.1, 0.15) is 18.9 Å². The molecule has 0 bridgehead atoms. The highest BCUT2D eigenvalue weighted by molar-refractivity contribution is 6.31. The van der Waals surface area contributed by atoms with Crippen molar-refractivity contribution in [2.45, 2.75) is 19.9 Å². The van der Waals surface area contributed by atoms with Gasteiger partial charge in [-0.3, -0.25) is 9.69 Å². The van der Waals surface area contributed by atoms with Crippen LogP contribution >= 0.6 is 11.6 Å². The maximum absolute atomic E-state index is 12.3. The van der Waals surface area contributed by atoms with Gasteiger partial charge in [0.25, 0.3) is 0 Å². The molecule has 1 aliphatic heterocycles. The minimum Gasteiger partial charge on any atom is -0.378 e. The number of carbonyl (C=O) groups is 1. The molecule has 1 aliphatic rings. The fourth-order valence-electron chi connectivity index (χ4n) is 3.28. The predicted octanol–water partition coefficient (Wildman–Crippen LogP) is 4.03. The van der Waals surface area contributed by atoms with Crippen LogP contribution in [0.3, 0.4) is 0 Å². The van der Waals surface area contributed by atoms with Gasteiger partial charge in [0.2, 0.25) is 5.91 Å². The van der Waals surface area contributed by atoms with Crippen molar-refractivity contribution in [3.63, 3.8) is 0 Å². The smallest absolute Gasteiger partial charge is 0.225 e. The van der Waals surface area contributed by atoms with Gasteiger partial charge < -0.3 is 15.0 Å². The van der Waals surface area contributed by atoms with E-state index in [1.54, 1.807) is 0 Å². The Labute approximate surface area is 172 Å². The minimum atomic E-state index is 0.0248. The Morgan fingerprint density at radius 1 is 1.14 bits per heavy atom. The van der Waals surface area contributed by atoms with Crippen molar-refractivity contribution < 1.29 is 9.53 Å². The average molecular weight is 402 g/mol. The summed E-state index contributed by atoms with van der Waals surface area (Å²) in [6.07, 6.45) is 0.448. The SMILES string of the molecule is CCN(CCC(=O)Nc1ccc(N2CCOCC2)cc1)Cc1ccccc1Cl. The van der Waals surface area contributed by atoms with Gasteiger partial charge in [-0.05, 0) is 42.4 Å². The first-order valence-electron chi connectivity index (χ1n) is 9.84. The zero-order chi connectivity index (χ0) is 19.8. The van der Waals surface area contributed by atoms with E-state index in [-0.39, 0.29) is 5.91 Å². The third kappa shape index (κ3) is 5.96. The molecule has 3 rings (SSSR count). The zero-order valence-electron chi connectivity index (χ0n) is 16.4. The number of benzene rings is 2. The van der Waals surface area contributed by atoms with Crippen molar-refractivity contribution in [1.29, 1.82) is 0 Å². The summed E-state index contributed by atoms with van der Waals surface area (Å²) >= 11 is 6.25. The lowest BCUT2D eigenvalue weighted by molar-refractivity contribution is -0.116. The lowest BCUT2D eigenvalue weighted by atomic mass is 10.2.